The first kappa shape index (κ1) is 17.8. The number of hydrogen-bond donors (Lipinski definition) is 0. The van der Waals surface area contributed by atoms with Crippen LogP contribution in [0.2, 0.25) is 0 Å². The number of halogens is 3. The van der Waals surface area contributed by atoms with E-state index in [1.54, 1.807) is 13.0 Å². The van der Waals surface area contributed by atoms with Crippen molar-refractivity contribution in [2.45, 2.75) is 50.8 Å². The highest BCUT2D eigenvalue weighted by Crippen LogP contribution is 2.38. The van der Waals surface area contributed by atoms with Crippen LogP contribution < -0.4 is 0 Å². The van der Waals surface area contributed by atoms with Crippen LogP contribution in [-0.4, -0.2) is 24.8 Å². The van der Waals surface area contributed by atoms with Gasteiger partial charge in [-0.2, -0.15) is 13.2 Å². The quantitative estimate of drug-likeness (QED) is 0.552. The molecule has 0 bridgehead atoms. The average Bonchev–Trinajstić information content (AvgIpc) is 3.29. The molecule has 0 saturated carbocycles. The van der Waals surface area contributed by atoms with Crippen molar-refractivity contribution in [3.05, 3.63) is 35.4 Å². The number of hydrogen-bond acceptors (Lipinski definition) is 3. The topological polar surface area (TPSA) is 38.8 Å². The van der Waals surface area contributed by atoms with Crippen LogP contribution in [0.5, 0.6) is 0 Å². The summed E-state index contributed by atoms with van der Waals surface area (Å²) in [6, 6.07) is 5.39. The zero-order valence-electron chi connectivity index (χ0n) is 13.3. The Kier molecular flexibility index (Phi) is 5.34. The fourth-order valence-corrected chi connectivity index (χ4v) is 2.70. The Balaban J connectivity index is 2.05. The zero-order chi connectivity index (χ0) is 17.1. The van der Waals surface area contributed by atoms with Crippen LogP contribution in [0.4, 0.5) is 13.2 Å². The van der Waals surface area contributed by atoms with Crippen molar-refractivity contribution < 1.29 is 27.4 Å². The van der Waals surface area contributed by atoms with Crippen LogP contribution >= 0.6 is 0 Å². The molecule has 2 rings (SSSR count). The van der Waals surface area contributed by atoms with Crippen molar-refractivity contribution in [1.29, 1.82) is 0 Å². The molecule has 0 aliphatic carbocycles. The standard InChI is InChI=1S/C17H21F3O3/c1-3-12(8-9-16(11-23-16)15(21)22-4-2)13-6-5-7-14(10-13)17(18,19)20/h5-7,10,12H,3-4,8-9,11H2,1-2H3. The molecule has 1 aromatic rings. The molecular weight excluding hydrogens is 309 g/mol. The largest absolute Gasteiger partial charge is 0.464 e. The highest BCUT2D eigenvalue weighted by Gasteiger charge is 2.53. The molecule has 2 unspecified atom stereocenters. The third kappa shape index (κ3) is 4.25. The number of carbonyl (C=O) groups is 1. The summed E-state index contributed by atoms with van der Waals surface area (Å²) in [6.07, 6.45) is -2.61. The molecule has 6 heteroatoms. The van der Waals surface area contributed by atoms with Crippen LogP contribution in [0.25, 0.3) is 0 Å². The number of epoxide rings is 1. The van der Waals surface area contributed by atoms with Crippen LogP contribution in [0, 0.1) is 0 Å². The molecule has 0 aromatic heterocycles. The summed E-state index contributed by atoms with van der Waals surface area (Å²) >= 11 is 0. The van der Waals surface area contributed by atoms with Crippen molar-refractivity contribution in [1.82, 2.24) is 0 Å². The third-order valence-corrected chi connectivity index (χ3v) is 4.22. The minimum Gasteiger partial charge on any atom is -0.464 e. The molecule has 0 N–H and O–H groups in total. The number of rotatable bonds is 7. The minimum atomic E-state index is -4.35. The highest BCUT2D eigenvalue weighted by molar-refractivity contribution is 5.82. The minimum absolute atomic E-state index is 0.0483. The normalized spacial score (nSPS) is 21.8. The predicted molar refractivity (Wildman–Crippen MR) is 79.0 cm³/mol. The third-order valence-electron chi connectivity index (χ3n) is 4.22. The molecule has 1 aromatic carbocycles. The maximum Gasteiger partial charge on any atom is 0.416 e. The summed E-state index contributed by atoms with van der Waals surface area (Å²) < 4.78 is 48.7. The molecule has 0 amide bonds. The van der Waals surface area contributed by atoms with Gasteiger partial charge in [-0.25, -0.2) is 4.79 Å². The number of alkyl halides is 3. The van der Waals surface area contributed by atoms with Gasteiger partial charge in [-0.1, -0.05) is 25.1 Å². The van der Waals surface area contributed by atoms with E-state index in [0.29, 0.717) is 31.4 Å². The Morgan fingerprint density at radius 2 is 2.09 bits per heavy atom. The maximum atomic E-state index is 12.8. The van der Waals surface area contributed by atoms with E-state index >= 15 is 0 Å². The first-order valence-electron chi connectivity index (χ1n) is 7.80. The van der Waals surface area contributed by atoms with Crippen LogP contribution in [0.1, 0.15) is 50.2 Å². The lowest BCUT2D eigenvalue weighted by Crippen LogP contribution is -2.27. The lowest BCUT2D eigenvalue weighted by atomic mass is 9.88. The summed E-state index contributed by atoms with van der Waals surface area (Å²) in [7, 11) is 0. The number of ether oxygens (including phenoxy) is 2. The Morgan fingerprint density at radius 3 is 2.61 bits per heavy atom. The van der Waals surface area contributed by atoms with Crippen molar-refractivity contribution in [3.8, 4) is 0 Å². The molecule has 0 radical (unpaired) electrons. The Bertz CT molecular complexity index is 550. The lowest BCUT2D eigenvalue weighted by molar-refractivity contribution is -0.149. The van der Waals surface area contributed by atoms with Gasteiger partial charge in [0.05, 0.1) is 18.8 Å². The van der Waals surface area contributed by atoms with E-state index in [4.69, 9.17) is 9.47 Å². The number of benzene rings is 1. The lowest BCUT2D eigenvalue weighted by Gasteiger charge is -2.19. The van der Waals surface area contributed by atoms with E-state index in [2.05, 4.69) is 0 Å². The molecular formula is C17H21F3O3. The van der Waals surface area contributed by atoms with Gasteiger partial charge in [0.15, 0.2) is 5.60 Å². The van der Waals surface area contributed by atoms with E-state index in [1.807, 2.05) is 6.92 Å². The van der Waals surface area contributed by atoms with E-state index < -0.39 is 17.3 Å². The molecule has 1 aliphatic heterocycles. The van der Waals surface area contributed by atoms with Crippen LogP contribution in [-0.2, 0) is 20.4 Å². The molecule has 1 saturated heterocycles. The molecule has 23 heavy (non-hydrogen) atoms. The van der Waals surface area contributed by atoms with Gasteiger partial charge in [0, 0.05) is 0 Å². The second-order valence-corrected chi connectivity index (χ2v) is 5.77. The molecule has 3 nitrogen and oxygen atoms in total. The van der Waals surface area contributed by atoms with Gasteiger partial charge in [0.2, 0.25) is 0 Å². The second-order valence-electron chi connectivity index (χ2n) is 5.77. The molecule has 0 spiro atoms. The maximum absolute atomic E-state index is 12.8. The second kappa shape index (κ2) is 6.91. The first-order valence-corrected chi connectivity index (χ1v) is 7.80. The summed E-state index contributed by atoms with van der Waals surface area (Å²) in [5.41, 5.74) is -0.886. The summed E-state index contributed by atoms with van der Waals surface area (Å²) in [6.45, 7) is 4.26. The van der Waals surface area contributed by atoms with Gasteiger partial charge < -0.3 is 9.47 Å². The average molecular weight is 330 g/mol. The van der Waals surface area contributed by atoms with Gasteiger partial charge in [0.1, 0.15) is 0 Å². The van der Waals surface area contributed by atoms with Crippen molar-refractivity contribution in [2.75, 3.05) is 13.2 Å². The number of esters is 1. The smallest absolute Gasteiger partial charge is 0.416 e. The van der Waals surface area contributed by atoms with E-state index in [9.17, 15) is 18.0 Å². The van der Waals surface area contributed by atoms with E-state index in [-0.39, 0.29) is 18.5 Å². The summed E-state index contributed by atoms with van der Waals surface area (Å²) in [5, 5.41) is 0. The van der Waals surface area contributed by atoms with Crippen molar-refractivity contribution >= 4 is 5.97 Å². The molecule has 1 heterocycles. The predicted octanol–water partition coefficient (Wildman–Crippen LogP) is 4.31. The van der Waals surface area contributed by atoms with Gasteiger partial charge >= 0.3 is 12.1 Å². The highest BCUT2D eigenvalue weighted by atomic mass is 19.4. The van der Waals surface area contributed by atoms with Gasteiger partial charge in [-0.15, -0.1) is 0 Å². The Morgan fingerprint density at radius 1 is 1.39 bits per heavy atom. The van der Waals surface area contributed by atoms with Gasteiger partial charge in [-0.3, -0.25) is 0 Å². The monoisotopic (exact) mass is 330 g/mol. The number of carbonyl (C=O) groups excluding carboxylic acids is 1. The fraction of sp³-hybridized carbons (Fsp3) is 0.588. The summed E-state index contributed by atoms with van der Waals surface area (Å²) in [4.78, 5) is 11.9. The first-order chi connectivity index (χ1) is 10.8. The van der Waals surface area contributed by atoms with E-state index in [1.165, 1.54) is 12.1 Å². The Hall–Kier alpha value is -1.56. The van der Waals surface area contributed by atoms with E-state index in [0.717, 1.165) is 6.07 Å². The zero-order valence-corrected chi connectivity index (χ0v) is 13.3. The van der Waals surface area contributed by atoms with Gasteiger partial charge in [-0.05, 0) is 43.7 Å². The van der Waals surface area contributed by atoms with Crippen LogP contribution in [0.15, 0.2) is 24.3 Å². The SMILES string of the molecule is CCOC(=O)C1(CCC(CC)c2cccc(C(F)(F)F)c2)CO1. The van der Waals surface area contributed by atoms with Crippen LogP contribution in [0.3, 0.4) is 0 Å². The summed E-state index contributed by atoms with van der Waals surface area (Å²) in [5.74, 6) is -0.424. The van der Waals surface area contributed by atoms with Crippen molar-refractivity contribution in [2.24, 2.45) is 0 Å². The molecule has 2 atom stereocenters. The molecule has 1 fully saturated rings. The van der Waals surface area contributed by atoms with Crippen molar-refractivity contribution in [3.63, 3.8) is 0 Å². The fourth-order valence-electron chi connectivity index (χ4n) is 2.70. The molecule has 128 valence electrons. The molecule has 1 aliphatic rings. The van der Waals surface area contributed by atoms with Gasteiger partial charge in [0.25, 0.3) is 0 Å². The Labute approximate surface area is 133 Å².